The summed E-state index contributed by atoms with van der Waals surface area (Å²) >= 11 is 0. The minimum absolute atomic E-state index is 0.879. The molecule has 0 saturated heterocycles. The molecule has 0 radical (unpaired) electrons. The van der Waals surface area contributed by atoms with Crippen LogP contribution in [-0.4, -0.2) is 38.2 Å². The third-order valence-corrected chi connectivity index (χ3v) is 5.99. The molecule has 32 heavy (non-hydrogen) atoms. The van der Waals surface area contributed by atoms with Crippen LogP contribution in [0.3, 0.4) is 0 Å². The molecule has 3 heteroatoms. The summed E-state index contributed by atoms with van der Waals surface area (Å²) in [6, 6.07) is 27.8. The first kappa shape index (κ1) is 23.6. The minimum Gasteiger partial charge on any atom is -0.497 e. The highest BCUT2D eigenvalue weighted by Gasteiger charge is 2.16. The topological polar surface area (TPSA) is 24.5 Å². The molecule has 3 nitrogen and oxygen atoms in total. The molecule has 168 valence electrons. The summed E-state index contributed by atoms with van der Waals surface area (Å²) in [7, 11) is 1.71. The van der Waals surface area contributed by atoms with Gasteiger partial charge in [-0.25, -0.2) is 0 Å². The largest absolute Gasteiger partial charge is 0.497 e. The molecule has 3 aromatic carbocycles. The molecule has 3 aromatic rings. The van der Waals surface area contributed by atoms with E-state index < -0.39 is 0 Å². The second kappa shape index (κ2) is 12.1. The van der Waals surface area contributed by atoms with Gasteiger partial charge in [0.05, 0.1) is 7.11 Å². The van der Waals surface area contributed by atoms with Gasteiger partial charge < -0.3 is 15.0 Å². The summed E-state index contributed by atoms with van der Waals surface area (Å²) in [6.45, 7) is 10.8. The second-order valence-electron chi connectivity index (χ2n) is 7.80. The number of likely N-dealkylation sites (N-methyl/N-ethyl adjacent to an activating group) is 1. The Morgan fingerprint density at radius 3 is 2.06 bits per heavy atom. The zero-order valence-corrected chi connectivity index (χ0v) is 19.9. The van der Waals surface area contributed by atoms with Crippen molar-refractivity contribution < 1.29 is 4.74 Å². The Morgan fingerprint density at radius 2 is 1.44 bits per heavy atom. The van der Waals surface area contributed by atoms with E-state index in [2.05, 4.69) is 97.7 Å². The lowest BCUT2D eigenvalue weighted by atomic mass is 9.87. The normalized spacial score (nSPS) is 11.9. The number of hydrogen-bond donors (Lipinski definition) is 1. The van der Waals surface area contributed by atoms with E-state index in [-0.39, 0.29) is 0 Å². The van der Waals surface area contributed by atoms with Crippen molar-refractivity contribution in [2.24, 2.45) is 0 Å². The lowest BCUT2D eigenvalue weighted by Crippen LogP contribution is -2.28. The molecule has 0 bridgehead atoms. The zero-order chi connectivity index (χ0) is 22.8. The summed E-state index contributed by atoms with van der Waals surface area (Å²) in [4.78, 5) is 2.44. The predicted octanol–water partition coefficient (Wildman–Crippen LogP) is 6.82. The van der Waals surface area contributed by atoms with Gasteiger partial charge in [-0.3, -0.25) is 0 Å². The summed E-state index contributed by atoms with van der Waals surface area (Å²) in [5.74, 6) is 0.879. The van der Waals surface area contributed by atoms with Crippen molar-refractivity contribution in [2.75, 3.05) is 38.6 Å². The van der Waals surface area contributed by atoms with Gasteiger partial charge >= 0.3 is 0 Å². The first-order chi connectivity index (χ1) is 15.7. The van der Waals surface area contributed by atoms with Crippen LogP contribution < -0.4 is 10.1 Å². The molecule has 0 aliphatic carbocycles. The van der Waals surface area contributed by atoms with Crippen LogP contribution in [0.4, 0.5) is 5.69 Å². The Hall–Kier alpha value is -3.04. The highest BCUT2D eigenvalue weighted by atomic mass is 16.5. The monoisotopic (exact) mass is 428 g/mol. The maximum Gasteiger partial charge on any atom is 0.118 e. The number of hydrogen-bond acceptors (Lipinski definition) is 3. The molecule has 0 fully saturated rings. The Balaban J connectivity index is 2.08. The molecule has 0 aliphatic heterocycles. The van der Waals surface area contributed by atoms with Crippen LogP contribution in [-0.2, 0) is 0 Å². The number of methoxy groups -OCH3 is 1. The van der Waals surface area contributed by atoms with E-state index in [0.717, 1.165) is 38.3 Å². The van der Waals surface area contributed by atoms with E-state index >= 15 is 0 Å². The molecular weight excluding hydrogens is 392 g/mol. The minimum atomic E-state index is 0.879. The van der Waals surface area contributed by atoms with Gasteiger partial charge in [0.25, 0.3) is 0 Å². The van der Waals surface area contributed by atoms with E-state index in [1.807, 2.05) is 12.1 Å². The SMILES string of the molecule is CCC(=C(c1ccccc1)c1ccccc1NCCN(CC)CC)c1ccc(OC)cc1. The number of nitrogens with one attached hydrogen (secondary N) is 1. The zero-order valence-electron chi connectivity index (χ0n) is 19.9. The van der Waals surface area contributed by atoms with Gasteiger partial charge in [0, 0.05) is 24.3 Å². The van der Waals surface area contributed by atoms with Crippen LogP contribution in [0.1, 0.15) is 43.9 Å². The highest BCUT2D eigenvalue weighted by molar-refractivity contribution is 6.01. The van der Waals surface area contributed by atoms with Crippen molar-refractivity contribution in [3.63, 3.8) is 0 Å². The number of para-hydroxylation sites is 1. The van der Waals surface area contributed by atoms with Gasteiger partial charge in [-0.15, -0.1) is 0 Å². The maximum atomic E-state index is 5.38. The molecule has 0 saturated carbocycles. The van der Waals surface area contributed by atoms with Crippen molar-refractivity contribution in [2.45, 2.75) is 27.2 Å². The van der Waals surface area contributed by atoms with Gasteiger partial charge in [0.2, 0.25) is 0 Å². The number of nitrogens with zero attached hydrogens (tertiary/aromatic N) is 1. The first-order valence-corrected chi connectivity index (χ1v) is 11.7. The predicted molar refractivity (Wildman–Crippen MR) is 138 cm³/mol. The average Bonchev–Trinajstić information content (AvgIpc) is 2.86. The molecule has 0 heterocycles. The molecular formula is C29H36N2O. The molecule has 0 aromatic heterocycles. The van der Waals surface area contributed by atoms with Gasteiger partial charge in [-0.1, -0.05) is 81.4 Å². The van der Waals surface area contributed by atoms with Crippen LogP contribution in [0.2, 0.25) is 0 Å². The van der Waals surface area contributed by atoms with E-state index in [4.69, 9.17) is 4.74 Å². The summed E-state index contributed by atoms with van der Waals surface area (Å²) in [5.41, 5.74) is 7.49. The lowest BCUT2D eigenvalue weighted by molar-refractivity contribution is 0.316. The van der Waals surface area contributed by atoms with Crippen molar-refractivity contribution in [3.05, 3.63) is 95.6 Å². The van der Waals surface area contributed by atoms with Crippen LogP contribution in [0.5, 0.6) is 5.75 Å². The number of rotatable bonds is 11. The van der Waals surface area contributed by atoms with Crippen molar-refractivity contribution in [1.82, 2.24) is 4.90 Å². The van der Waals surface area contributed by atoms with Crippen LogP contribution in [0.25, 0.3) is 11.1 Å². The third-order valence-electron chi connectivity index (χ3n) is 5.99. The van der Waals surface area contributed by atoms with Gasteiger partial charge in [0.1, 0.15) is 5.75 Å². The molecule has 1 N–H and O–H groups in total. The second-order valence-corrected chi connectivity index (χ2v) is 7.80. The average molecular weight is 429 g/mol. The fourth-order valence-corrected chi connectivity index (χ4v) is 4.16. The van der Waals surface area contributed by atoms with Crippen LogP contribution in [0, 0.1) is 0 Å². The molecule has 3 rings (SSSR count). The Labute approximate surface area is 193 Å². The molecule has 0 aliphatic rings. The summed E-state index contributed by atoms with van der Waals surface area (Å²) in [5, 5.41) is 3.72. The third kappa shape index (κ3) is 5.80. The summed E-state index contributed by atoms with van der Waals surface area (Å²) in [6.07, 6.45) is 0.935. The molecule has 0 spiro atoms. The first-order valence-electron chi connectivity index (χ1n) is 11.7. The quantitative estimate of drug-likeness (QED) is 0.339. The number of allylic oxidation sites excluding steroid dienone is 1. The van der Waals surface area contributed by atoms with Crippen LogP contribution >= 0.6 is 0 Å². The van der Waals surface area contributed by atoms with Gasteiger partial charge in [0.15, 0.2) is 0 Å². The number of benzene rings is 3. The number of ether oxygens (including phenoxy) is 1. The van der Waals surface area contributed by atoms with Crippen molar-refractivity contribution >= 4 is 16.8 Å². The van der Waals surface area contributed by atoms with E-state index in [1.165, 1.54) is 33.5 Å². The maximum absolute atomic E-state index is 5.38. The smallest absolute Gasteiger partial charge is 0.118 e. The van der Waals surface area contributed by atoms with E-state index in [0.29, 0.717) is 0 Å². The Bertz CT molecular complexity index is 989. The van der Waals surface area contributed by atoms with Crippen molar-refractivity contribution in [3.8, 4) is 5.75 Å². The van der Waals surface area contributed by atoms with Gasteiger partial charge in [-0.05, 0) is 60.0 Å². The number of anilines is 1. The van der Waals surface area contributed by atoms with Crippen molar-refractivity contribution in [1.29, 1.82) is 0 Å². The lowest BCUT2D eigenvalue weighted by Gasteiger charge is -2.22. The van der Waals surface area contributed by atoms with E-state index in [9.17, 15) is 0 Å². The van der Waals surface area contributed by atoms with Gasteiger partial charge in [-0.2, -0.15) is 0 Å². The molecule has 0 unspecified atom stereocenters. The fourth-order valence-electron chi connectivity index (χ4n) is 4.16. The fraction of sp³-hybridized carbons (Fsp3) is 0.310. The van der Waals surface area contributed by atoms with E-state index in [1.54, 1.807) is 7.11 Å². The summed E-state index contributed by atoms with van der Waals surface area (Å²) < 4.78 is 5.38. The standard InChI is InChI=1S/C29H36N2O/c1-5-26(23-17-19-25(32-4)20-18-23)29(24-13-9-8-10-14-24)27-15-11-12-16-28(27)30-21-22-31(6-2)7-3/h8-20,30H,5-7,21-22H2,1-4H3. The Kier molecular flexibility index (Phi) is 8.94. The Morgan fingerprint density at radius 1 is 0.781 bits per heavy atom. The van der Waals surface area contributed by atoms with Crippen LogP contribution in [0.15, 0.2) is 78.9 Å². The molecule has 0 atom stereocenters. The highest BCUT2D eigenvalue weighted by Crippen LogP contribution is 2.37. The molecule has 0 amide bonds.